The summed E-state index contributed by atoms with van der Waals surface area (Å²) in [7, 11) is -1.07. The van der Waals surface area contributed by atoms with E-state index in [1.165, 1.54) is 0 Å². The molecule has 1 rings (SSSR count). The van der Waals surface area contributed by atoms with E-state index in [2.05, 4.69) is 13.8 Å². The van der Waals surface area contributed by atoms with Crippen molar-refractivity contribution in [3.8, 4) is 0 Å². The molecule has 10 heavy (non-hydrogen) atoms. The molecule has 0 heterocycles. The van der Waals surface area contributed by atoms with Gasteiger partial charge in [0.2, 0.25) is 0 Å². The fourth-order valence-electron chi connectivity index (χ4n) is 1.54. The molecule has 0 bridgehead atoms. The first-order valence-corrected chi connectivity index (χ1v) is 4.03. The van der Waals surface area contributed by atoms with Crippen molar-refractivity contribution in [2.45, 2.75) is 32.5 Å². The van der Waals surface area contributed by atoms with Gasteiger partial charge in [0.25, 0.3) is 0 Å². The minimum atomic E-state index is -1.07. The van der Waals surface area contributed by atoms with E-state index in [1.807, 2.05) is 0 Å². The highest BCUT2D eigenvalue weighted by Crippen LogP contribution is 2.51. The van der Waals surface area contributed by atoms with Gasteiger partial charge in [0, 0.05) is 0 Å². The summed E-state index contributed by atoms with van der Waals surface area (Å²) in [6, 6.07) is 0. The summed E-state index contributed by atoms with van der Waals surface area (Å²) in [6.07, 6.45) is 2.15. The molecule has 1 saturated carbocycles. The Labute approximate surface area is 62.4 Å². The molecule has 1 aliphatic carbocycles. The van der Waals surface area contributed by atoms with Gasteiger partial charge in [0.05, 0.1) is 0 Å². The maximum absolute atomic E-state index is 8.76. The molecule has 1 aliphatic rings. The highest BCUT2D eigenvalue weighted by atomic mass is 16.4. The van der Waals surface area contributed by atoms with Crippen LogP contribution in [0, 0.1) is 11.8 Å². The van der Waals surface area contributed by atoms with Crippen LogP contribution in [0.2, 0.25) is 5.82 Å². The second-order valence-electron chi connectivity index (χ2n) is 3.36. The van der Waals surface area contributed by atoms with E-state index in [4.69, 9.17) is 10.0 Å². The largest absolute Gasteiger partial charge is 0.455 e. The Morgan fingerprint density at radius 3 is 2.50 bits per heavy atom. The maximum Gasteiger partial charge on any atom is 0.455 e. The van der Waals surface area contributed by atoms with Crippen molar-refractivity contribution >= 4 is 7.12 Å². The lowest BCUT2D eigenvalue weighted by atomic mass is 9.80. The lowest BCUT2D eigenvalue weighted by Gasteiger charge is -2.05. The van der Waals surface area contributed by atoms with Gasteiger partial charge in [0.15, 0.2) is 0 Å². The fraction of sp³-hybridized carbons (Fsp3) is 1.00. The topological polar surface area (TPSA) is 40.5 Å². The van der Waals surface area contributed by atoms with Gasteiger partial charge in [-0.15, -0.1) is 0 Å². The van der Waals surface area contributed by atoms with Gasteiger partial charge in [0.1, 0.15) is 0 Å². The Morgan fingerprint density at radius 2 is 2.20 bits per heavy atom. The van der Waals surface area contributed by atoms with Crippen LogP contribution in [-0.4, -0.2) is 17.2 Å². The predicted octanol–water partition coefficient (Wildman–Crippen LogP) is 0.895. The lowest BCUT2D eigenvalue weighted by Crippen LogP contribution is -2.13. The van der Waals surface area contributed by atoms with E-state index in [0.29, 0.717) is 11.8 Å². The van der Waals surface area contributed by atoms with E-state index in [0.717, 1.165) is 12.8 Å². The van der Waals surface area contributed by atoms with Gasteiger partial charge in [-0.05, 0) is 24.1 Å². The molecule has 0 aromatic heterocycles. The van der Waals surface area contributed by atoms with E-state index in [-0.39, 0.29) is 5.82 Å². The molecule has 0 spiro atoms. The average molecular weight is 142 g/mol. The molecule has 2 nitrogen and oxygen atoms in total. The Morgan fingerprint density at radius 1 is 1.60 bits per heavy atom. The highest BCUT2D eigenvalue weighted by Gasteiger charge is 2.47. The van der Waals surface area contributed by atoms with Crippen molar-refractivity contribution in [2.75, 3.05) is 0 Å². The molecule has 0 aromatic rings. The van der Waals surface area contributed by atoms with Gasteiger partial charge in [-0.1, -0.05) is 20.3 Å². The van der Waals surface area contributed by atoms with Crippen LogP contribution in [0.15, 0.2) is 0 Å². The third kappa shape index (κ3) is 1.52. The van der Waals surface area contributed by atoms with E-state index in [9.17, 15) is 0 Å². The molecule has 0 aromatic carbocycles. The first kappa shape index (κ1) is 8.09. The van der Waals surface area contributed by atoms with Crippen LogP contribution in [0.5, 0.6) is 0 Å². The first-order valence-electron chi connectivity index (χ1n) is 4.03. The van der Waals surface area contributed by atoms with Crippen LogP contribution in [0.1, 0.15) is 26.7 Å². The summed E-state index contributed by atoms with van der Waals surface area (Å²) in [5.74, 6) is 1.41. The van der Waals surface area contributed by atoms with Gasteiger partial charge >= 0.3 is 7.12 Å². The Balaban J connectivity index is 2.24. The minimum absolute atomic E-state index is 0.176. The normalized spacial score (nSPS) is 33.6. The molecule has 0 saturated heterocycles. The summed E-state index contributed by atoms with van der Waals surface area (Å²) >= 11 is 0. The van der Waals surface area contributed by atoms with Crippen LogP contribution < -0.4 is 0 Å². The smallest absolute Gasteiger partial charge is 0.427 e. The van der Waals surface area contributed by atoms with Crippen molar-refractivity contribution < 1.29 is 10.0 Å². The molecule has 3 unspecified atom stereocenters. The monoisotopic (exact) mass is 142 g/mol. The van der Waals surface area contributed by atoms with E-state index >= 15 is 0 Å². The Bertz CT molecular complexity index is 116. The molecular weight excluding hydrogens is 127 g/mol. The van der Waals surface area contributed by atoms with Crippen LogP contribution >= 0.6 is 0 Å². The maximum atomic E-state index is 8.76. The predicted molar refractivity (Wildman–Crippen MR) is 41.5 cm³/mol. The van der Waals surface area contributed by atoms with Crippen LogP contribution in [0.4, 0.5) is 0 Å². The second kappa shape index (κ2) is 2.93. The zero-order chi connectivity index (χ0) is 7.72. The highest BCUT2D eigenvalue weighted by molar-refractivity contribution is 6.44. The SMILES string of the molecule is CCC(C)C1CC1B(O)O. The number of rotatable bonds is 3. The zero-order valence-electron chi connectivity index (χ0n) is 6.62. The van der Waals surface area contributed by atoms with Gasteiger partial charge in [-0.3, -0.25) is 0 Å². The van der Waals surface area contributed by atoms with Crippen molar-refractivity contribution in [3.63, 3.8) is 0 Å². The molecule has 58 valence electrons. The molecule has 0 amide bonds. The van der Waals surface area contributed by atoms with Crippen LogP contribution in [-0.2, 0) is 0 Å². The van der Waals surface area contributed by atoms with Gasteiger partial charge in [-0.2, -0.15) is 0 Å². The molecule has 1 fully saturated rings. The molecule has 3 heteroatoms. The second-order valence-corrected chi connectivity index (χ2v) is 3.36. The molecule has 3 atom stereocenters. The quantitative estimate of drug-likeness (QED) is 0.574. The van der Waals surface area contributed by atoms with Crippen LogP contribution in [0.25, 0.3) is 0 Å². The summed E-state index contributed by atoms with van der Waals surface area (Å²) in [5, 5.41) is 17.5. The summed E-state index contributed by atoms with van der Waals surface area (Å²) < 4.78 is 0. The van der Waals surface area contributed by atoms with Crippen LogP contribution in [0.3, 0.4) is 0 Å². The van der Waals surface area contributed by atoms with Gasteiger partial charge in [-0.25, -0.2) is 0 Å². The molecule has 2 N–H and O–H groups in total. The summed E-state index contributed by atoms with van der Waals surface area (Å²) in [5.41, 5.74) is 0. The van der Waals surface area contributed by atoms with Gasteiger partial charge < -0.3 is 10.0 Å². The Kier molecular flexibility index (Phi) is 2.37. The summed E-state index contributed by atoms with van der Waals surface area (Å²) in [6.45, 7) is 4.32. The number of hydrogen-bond acceptors (Lipinski definition) is 2. The van der Waals surface area contributed by atoms with E-state index in [1.54, 1.807) is 0 Å². The lowest BCUT2D eigenvalue weighted by molar-refractivity contribution is 0.390. The molecule has 0 aliphatic heterocycles. The standard InChI is InChI=1S/C7H15BO2/c1-3-5(2)6-4-7(6)8(9)10/h5-7,9-10H,3-4H2,1-2H3. The molecular formula is C7H15BO2. The van der Waals surface area contributed by atoms with E-state index < -0.39 is 7.12 Å². The average Bonchev–Trinajstić information content (AvgIpc) is 2.64. The van der Waals surface area contributed by atoms with Crippen molar-refractivity contribution in [1.82, 2.24) is 0 Å². The van der Waals surface area contributed by atoms with Crippen molar-refractivity contribution in [1.29, 1.82) is 0 Å². The fourth-order valence-corrected chi connectivity index (χ4v) is 1.54. The molecule has 0 radical (unpaired) electrons. The van der Waals surface area contributed by atoms with Crippen molar-refractivity contribution in [2.24, 2.45) is 11.8 Å². The zero-order valence-corrected chi connectivity index (χ0v) is 6.62. The minimum Gasteiger partial charge on any atom is -0.427 e. The summed E-state index contributed by atoms with van der Waals surface area (Å²) in [4.78, 5) is 0. The third-order valence-corrected chi connectivity index (χ3v) is 2.65. The Hall–Kier alpha value is -0.0151. The van der Waals surface area contributed by atoms with Crippen molar-refractivity contribution in [3.05, 3.63) is 0 Å². The third-order valence-electron chi connectivity index (χ3n) is 2.65. The first-order chi connectivity index (χ1) is 4.66. The number of hydrogen-bond donors (Lipinski definition) is 2.